The number of nitrogens with zero attached hydrogens (tertiary/aromatic N) is 2. The van der Waals surface area contributed by atoms with Gasteiger partial charge in [-0.2, -0.15) is 0 Å². The van der Waals surface area contributed by atoms with Gasteiger partial charge in [0.15, 0.2) is 5.17 Å². The van der Waals surface area contributed by atoms with Crippen molar-refractivity contribution in [3.05, 3.63) is 30.3 Å². The molecular formula is C12H16N2OS. The van der Waals surface area contributed by atoms with E-state index in [0.717, 1.165) is 10.9 Å². The van der Waals surface area contributed by atoms with Gasteiger partial charge in [0.05, 0.1) is 0 Å². The smallest absolute Gasteiger partial charge is 0.165 e. The highest BCUT2D eigenvalue weighted by molar-refractivity contribution is 8.13. The maximum atomic E-state index is 10.2. The van der Waals surface area contributed by atoms with Crippen molar-refractivity contribution in [1.82, 2.24) is 0 Å². The molecule has 2 unspecified atom stereocenters. The molecule has 16 heavy (non-hydrogen) atoms. The SMILES string of the molecule is CSC1=NCC(C)C(O)N1c1ccccc1. The Balaban J connectivity index is 2.36. The Morgan fingerprint density at radius 1 is 1.38 bits per heavy atom. The van der Waals surface area contributed by atoms with E-state index in [0.29, 0.717) is 6.54 Å². The lowest BCUT2D eigenvalue weighted by Gasteiger charge is -2.36. The fourth-order valence-electron chi connectivity index (χ4n) is 1.77. The Kier molecular flexibility index (Phi) is 3.51. The molecule has 1 aliphatic rings. The van der Waals surface area contributed by atoms with Gasteiger partial charge in [0.2, 0.25) is 0 Å². The minimum atomic E-state index is -0.484. The third-order valence-corrected chi connectivity index (χ3v) is 3.40. The first-order chi connectivity index (χ1) is 7.74. The maximum Gasteiger partial charge on any atom is 0.165 e. The Hall–Kier alpha value is -1.00. The molecule has 1 aliphatic heterocycles. The summed E-state index contributed by atoms with van der Waals surface area (Å²) in [6.45, 7) is 2.71. The summed E-state index contributed by atoms with van der Waals surface area (Å²) < 4.78 is 0. The van der Waals surface area contributed by atoms with Crippen molar-refractivity contribution in [3.8, 4) is 0 Å². The average molecular weight is 236 g/mol. The first-order valence-electron chi connectivity index (χ1n) is 5.35. The van der Waals surface area contributed by atoms with Crippen LogP contribution in [0.2, 0.25) is 0 Å². The van der Waals surface area contributed by atoms with Gasteiger partial charge < -0.3 is 5.11 Å². The Morgan fingerprint density at radius 3 is 2.69 bits per heavy atom. The third kappa shape index (κ3) is 2.08. The van der Waals surface area contributed by atoms with Crippen LogP contribution in [0.25, 0.3) is 0 Å². The Morgan fingerprint density at radius 2 is 2.06 bits per heavy atom. The fourth-order valence-corrected chi connectivity index (χ4v) is 2.39. The van der Waals surface area contributed by atoms with E-state index >= 15 is 0 Å². The van der Waals surface area contributed by atoms with Crippen LogP contribution in [0.1, 0.15) is 6.92 Å². The van der Waals surface area contributed by atoms with Crippen molar-refractivity contribution in [2.75, 3.05) is 17.7 Å². The van der Waals surface area contributed by atoms with Gasteiger partial charge in [-0.1, -0.05) is 36.9 Å². The van der Waals surface area contributed by atoms with E-state index in [2.05, 4.69) is 4.99 Å². The first kappa shape index (κ1) is 11.5. The molecular weight excluding hydrogens is 220 g/mol. The molecule has 0 bridgehead atoms. The maximum absolute atomic E-state index is 10.2. The van der Waals surface area contributed by atoms with Crippen LogP contribution in [0.4, 0.5) is 5.69 Å². The minimum absolute atomic E-state index is 0.163. The zero-order valence-corrected chi connectivity index (χ0v) is 10.3. The first-order valence-corrected chi connectivity index (χ1v) is 6.57. The number of amidine groups is 1. The van der Waals surface area contributed by atoms with Crippen molar-refractivity contribution in [1.29, 1.82) is 0 Å². The molecule has 0 spiro atoms. The number of hydrogen-bond acceptors (Lipinski definition) is 4. The van der Waals surface area contributed by atoms with E-state index in [4.69, 9.17) is 0 Å². The molecule has 0 saturated heterocycles. The quantitative estimate of drug-likeness (QED) is 0.812. The summed E-state index contributed by atoms with van der Waals surface area (Å²) in [6.07, 6.45) is 1.50. The van der Waals surface area contributed by atoms with E-state index in [1.54, 1.807) is 11.8 Å². The molecule has 1 N–H and O–H groups in total. The lowest BCUT2D eigenvalue weighted by Crippen LogP contribution is -2.47. The number of aliphatic hydroxyl groups excluding tert-OH is 1. The summed E-state index contributed by atoms with van der Waals surface area (Å²) in [6, 6.07) is 9.90. The number of aliphatic hydroxyl groups is 1. The third-order valence-electron chi connectivity index (χ3n) is 2.71. The van der Waals surface area contributed by atoms with Crippen LogP contribution in [-0.2, 0) is 0 Å². The second-order valence-electron chi connectivity index (χ2n) is 3.92. The van der Waals surface area contributed by atoms with E-state index in [9.17, 15) is 5.11 Å². The van der Waals surface area contributed by atoms with Crippen molar-refractivity contribution in [2.24, 2.45) is 10.9 Å². The molecule has 0 aromatic heterocycles. The summed E-state index contributed by atoms with van der Waals surface area (Å²) in [7, 11) is 0. The predicted molar refractivity (Wildman–Crippen MR) is 69.9 cm³/mol. The van der Waals surface area contributed by atoms with Gasteiger partial charge in [0.25, 0.3) is 0 Å². The van der Waals surface area contributed by atoms with Crippen LogP contribution in [0.15, 0.2) is 35.3 Å². The molecule has 0 radical (unpaired) electrons. The molecule has 4 heteroatoms. The Bertz CT molecular complexity index is 380. The molecule has 2 rings (SSSR count). The zero-order chi connectivity index (χ0) is 11.5. The van der Waals surface area contributed by atoms with Crippen LogP contribution < -0.4 is 4.90 Å². The van der Waals surface area contributed by atoms with E-state index < -0.39 is 6.23 Å². The molecule has 86 valence electrons. The van der Waals surface area contributed by atoms with E-state index in [-0.39, 0.29) is 5.92 Å². The van der Waals surface area contributed by atoms with Gasteiger partial charge in [-0.25, -0.2) is 0 Å². The van der Waals surface area contributed by atoms with Gasteiger partial charge in [0.1, 0.15) is 6.23 Å². The number of aliphatic imine (C=N–C) groups is 1. The number of benzene rings is 1. The molecule has 0 aliphatic carbocycles. The fraction of sp³-hybridized carbons (Fsp3) is 0.417. The van der Waals surface area contributed by atoms with Crippen molar-refractivity contribution in [3.63, 3.8) is 0 Å². The van der Waals surface area contributed by atoms with Crippen LogP contribution in [0.3, 0.4) is 0 Å². The van der Waals surface area contributed by atoms with Crippen molar-refractivity contribution < 1.29 is 5.11 Å². The number of anilines is 1. The van der Waals surface area contributed by atoms with E-state index in [1.807, 2.05) is 48.4 Å². The summed E-state index contributed by atoms with van der Waals surface area (Å²) in [5.41, 5.74) is 0.995. The van der Waals surface area contributed by atoms with Crippen molar-refractivity contribution in [2.45, 2.75) is 13.2 Å². The molecule has 1 heterocycles. The highest BCUT2D eigenvalue weighted by atomic mass is 32.2. The van der Waals surface area contributed by atoms with Crippen LogP contribution >= 0.6 is 11.8 Å². The van der Waals surface area contributed by atoms with Crippen LogP contribution in [0.5, 0.6) is 0 Å². The number of rotatable bonds is 1. The topological polar surface area (TPSA) is 35.8 Å². The lowest BCUT2D eigenvalue weighted by molar-refractivity contribution is 0.125. The monoisotopic (exact) mass is 236 g/mol. The minimum Gasteiger partial charge on any atom is -0.373 e. The van der Waals surface area contributed by atoms with Gasteiger partial charge in [-0.15, -0.1) is 0 Å². The Labute approximate surface area is 100 Å². The number of para-hydroxylation sites is 1. The van der Waals surface area contributed by atoms with E-state index in [1.165, 1.54) is 0 Å². The van der Waals surface area contributed by atoms with Gasteiger partial charge in [0, 0.05) is 18.2 Å². The van der Waals surface area contributed by atoms with Crippen LogP contribution in [-0.4, -0.2) is 29.3 Å². The van der Waals surface area contributed by atoms with Gasteiger partial charge in [-0.3, -0.25) is 9.89 Å². The second-order valence-corrected chi connectivity index (χ2v) is 4.70. The molecule has 0 amide bonds. The van der Waals surface area contributed by atoms with Gasteiger partial charge in [-0.05, 0) is 18.4 Å². The molecule has 1 aromatic rings. The highest BCUT2D eigenvalue weighted by Gasteiger charge is 2.29. The molecule has 0 fully saturated rings. The number of hydrogen-bond donors (Lipinski definition) is 1. The summed E-state index contributed by atoms with van der Waals surface area (Å²) in [4.78, 5) is 6.38. The second kappa shape index (κ2) is 4.89. The highest BCUT2D eigenvalue weighted by Crippen LogP contribution is 2.26. The summed E-state index contributed by atoms with van der Waals surface area (Å²) >= 11 is 1.57. The average Bonchev–Trinajstić information content (AvgIpc) is 2.33. The summed E-state index contributed by atoms with van der Waals surface area (Å²) in [5.74, 6) is 0.163. The standard InChI is InChI=1S/C12H16N2OS/c1-9-8-13-12(16-2)14(11(9)15)10-6-4-3-5-7-10/h3-7,9,11,15H,8H2,1-2H3. The largest absolute Gasteiger partial charge is 0.373 e. The van der Waals surface area contributed by atoms with Crippen molar-refractivity contribution >= 4 is 22.6 Å². The molecule has 3 nitrogen and oxygen atoms in total. The van der Waals surface area contributed by atoms with Crippen LogP contribution in [0, 0.1) is 5.92 Å². The molecule has 0 saturated carbocycles. The zero-order valence-electron chi connectivity index (χ0n) is 9.50. The van der Waals surface area contributed by atoms with Gasteiger partial charge >= 0.3 is 0 Å². The number of thioether (sulfide) groups is 1. The molecule has 1 aromatic carbocycles. The predicted octanol–water partition coefficient (Wildman–Crippen LogP) is 2.18. The summed E-state index contributed by atoms with van der Waals surface area (Å²) in [5, 5.41) is 11.1. The lowest BCUT2D eigenvalue weighted by atomic mass is 10.1. The normalized spacial score (nSPS) is 25.4. The molecule has 2 atom stereocenters.